The van der Waals surface area contributed by atoms with E-state index in [2.05, 4.69) is 0 Å². The van der Waals surface area contributed by atoms with Crippen molar-refractivity contribution in [3.8, 4) is 11.5 Å². The van der Waals surface area contributed by atoms with Crippen LogP contribution in [0, 0.1) is 11.8 Å². The molecule has 7 nitrogen and oxygen atoms in total. The molecule has 2 amide bonds. The summed E-state index contributed by atoms with van der Waals surface area (Å²) in [5.41, 5.74) is 2.01. The van der Waals surface area contributed by atoms with Crippen LogP contribution in [0.2, 0.25) is 0 Å². The molecule has 1 aliphatic rings. The molecule has 2 aromatic carbocycles. The number of cyclic esters (lactones) is 1. The zero-order chi connectivity index (χ0) is 24.5. The fourth-order valence-corrected chi connectivity index (χ4v) is 4.15. The van der Waals surface area contributed by atoms with Crippen LogP contribution < -0.4 is 9.47 Å². The van der Waals surface area contributed by atoms with Crippen molar-refractivity contribution < 1.29 is 28.5 Å². The molecule has 2 aromatic rings. The first-order valence-corrected chi connectivity index (χ1v) is 11.8. The molecule has 1 saturated heterocycles. The molecule has 0 unspecified atom stereocenters. The predicted molar refractivity (Wildman–Crippen MR) is 129 cm³/mol. The van der Waals surface area contributed by atoms with Gasteiger partial charge in [-0.1, -0.05) is 50.2 Å². The molecule has 0 N–H and O–H groups in total. The Morgan fingerprint density at radius 2 is 1.82 bits per heavy atom. The van der Waals surface area contributed by atoms with E-state index in [1.165, 1.54) is 4.90 Å². The molecule has 0 aliphatic carbocycles. The molecule has 2 atom stereocenters. The monoisotopic (exact) mass is 469 g/mol. The minimum atomic E-state index is -0.562. The van der Waals surface area contributed by atoms with Crippen molar-refractivity contribution in [3.63, 3.8) is 0 Å². The summed E-state index contributed by atoms with van der Waals surface area (Å²) in [6, 6.07) is 15.2. The van der Waals surface area contributed by atoms with Gasteiger partial charge in [-0.15, -0.1) is 0 Å². The van der Waals surface area contributed by atoms with Crippen LogP contribution in [0.15, 0.2) is 48.5 Å². The van der Waals surface area contributed by atoms with Crippen molar-refractivity contribution in [2.75, 3.05) is 34.0 Å². The average molecular weight is 470 g/mol. The highest BCUT2D eigenvalue weighted by molar-refractivity contribution is 5.95. The van der Waals surface area contributed by atoms with Crippen LogP contribution in [0.4, 0.5) is 4.79 Å². The van der Waals surface area contributed by atoms with Crippen LogP contribution in [0.3, 0.4) is 0 Å². The molecule has 184 valence electrons. The van der Waals surface area contributed by atoms with Gasteiger partial charge in [-0.3, -0.25) is 4.79 Å². The largest absolute Gasteiger partial charge is 0.493 e. The highest BCUT2D eigenvalue weighted by Crippen LogP contribution is 2.31. The maximum absolute atomic E-state index is 13.6. The van der Waals surface area contributed by atoms with Gasteiger partial charge in [0.05, 0.1) is 19.8 Å². The van der Waals surface area contributed by atoms with Gasteiger partial charge in [-0.25, -0.2) is 9.69 Å². The van der Waals surface area contributed by atoms with E-state index in [9.17, 15) is 9.59 Å². The van der Waals surface area contributed by atoms with Crippen LogP contribution in [0.5, 0.6) is 11.5 Å². The quantitative estimate of drug-likeness (QED) is 0.426. The fraction of sp³-hybridized carbons (Fsp3) is 0.481. The zero-order valence-corrected chi connectivity index (χ0v) is 20.5. The van der Waals surface area contributed by atoms with Crippen LogP contribution in [-0.4, -0.2) is 57.0 Å². The van der Waals surface area contributed by atoms with E-state index in [-0.39, 0.29) is 30.4 Å². The topological polar surface area (TPSA) is 74.3 Å². The Morgan fingerprint density at radius 1 is 1.06 bits per heavy atom. The van der Waals surface area contributed by atoms with Crippen LogP contribution >= 0.6 is 0 Å². The van der Waals surface area contributed by atoms with Crippen molar-refractivity contribution in [2.24, 2.45) is 11.8 Å². The number of rotatable bonds is 12. The number of benzene rings is 2. The third-order valence-corrected chi connectivity index (χ3v) is 6.07. The molecule has 0 bridgehead atoms. The molecule has 3 rings (SSSR count). The molecule has 34 heavy (non-hydrogen) atoms. The lowest BCUT2D eigenvalue weighted by Gasteiger charge is -2.27. The Bertz CT molecular complexity index is 945. The van der Waals surface area contributed by atoms with Gasteiger partial charge >= 0.3 is 6.09 Å². The number of hydrogen-bond donors (Lipinski definition) is 0. The number of carbonyl (C=O) groups excluding carboxylic acids is 2. The Balaban J connectivity index is 1.76. The number of ether oxygens (including phenoxy) is 4. The van der Waals surface area contributed by atoms with Crippen LogP contribution in [0.1, 0.15) is 31.4 Å². The summed E-state index contributed by atoms with van der Waals surface area (Å²) < 4.78 is 21.7. The van der Waals surface area contributed by atoms with Crippen LogP contribution in [0.25, 0.3) is 0 Å². The molecule has 7 heteroatoms. The lowest BCUT2D eigenvalue weighted by molar-refractivity contribution is -0.134. The third-order valence-electron chi connectivity index (χ3n) is 6.07. The van der Waals surface area contributed by atoms with E-state index in [0.29, 0.717) is 37.6 Å². The minimum absolute atomic E-state index is 0.0337. The van der Waals surface area contributed by atoms with Crippen molar-refractivity contribution in [2.45, 2.75) is 39.2 Å². The Hall–Kier alpha value is -3.06. The van der Waals surface area contributed by atoms with E-state index < -0.39 is 6.09 Å². The average Bonchev–Trinajstić information content (AvgIpc) is 3.20. The fourth-order valence-electron chi connectivity index (χ4n) is 4.15. The smallest absolute Gasteiger partial charge is 0.416 e. The summed E-state index contributed by atoms with van der Waals surface area (Å²) in [5.74, 6) is 0.732. The SMILES string of the molecule is COCCCOc1cc(C[C@H](C(=O)N2C(=O)OC[C@H]2Cc2ccccc2)C(C)C)ccc1OC. The summed E-state index contributed by atoms with van der Waals surface area (Å²) in [7, 11) is 3.26. The van der Waals surface area contributed by atoms with Gasteiger partial charge in [-0.05, 0) is 42.0 Å². The van der Waals surface area contributed by atoms with Gasteiger partial charge in [0.15, 0.2) is 11.5 Å². The molecular formula is C27H35NO6. The lowest BCUT2D eigenvalue weighted by Crippen LogP contribution is -2.45. The first-order chi connectivity index (χ1) is 16.4. The van der Waals surface area contributed by atoms with Crippen molar-refractivity contribution in [3.05, 3.63) is 59.7 Å². The first kappa shape index (κ1) is 25.6. The van der Waals surface area contributed by atoms with Gasteiger partial charge in [0.1, 0.15) is 6.61 Å². The second-order valence-electron chi connectivity index (χ2n) is 8.86. The zero-order valence-electron chi connectivity index (χ0n) is 20.5. The standard InChI is InChI=1S/C27H35NO6/c1-19(2)23(16-21-11-12-24(32-4)25(17-21)33-14-8-13-31-3)26(29)28-22(18-34-27(28)30)15-20-9-6-5-7-10-20/h5-7,9-12,17,19,22-23H,8,13-16,18H2,1-4H3/t22-,23+/m1/s1. The summed E-state index contributed by atoms with van der Waals surface area (Å²) >= 11 is 0. The maximum atomic E-state index is 13.6. The van der Waals surface area contributed by atoms with Gasteiger partial charge in [0.25, 0.3) is 0 Å². The van der Waals surface area contributed by atoms with E-state index in [1.807, 2.05) is 62.4 Å². The number of carbonyl (C=O) groups is 2. The third kappa shape index (κ3) is 6.50. The molecule has 0 saturated carbocycles. The van der Waals surface area contributed by atoms with Gasteiger partial charge < -0.3 is 18.9 Å². The molecule has 0 aromatic heterocycles. The predicted octanol–water partition coefficient (Wildman–Crippen LogP) is 4.52. The number of nitrogens with zero attached hydrogens (tertiary/aromatic N) is 1. The van der Waals surface area contributed by atoms with Gasteiger partial charge in [0, 0.05) is 26.1 Å². The summed E-state index contributed by atoms with van der Waals surface area (Å²) in [6.45, 7) is 5.33. The Morgan fingerprint density at radius 3 is 2.50 bits per heavy atom. The summed E-state index contributed by atoms with van der Waals surface area (Å²) in [6.07, 6.45) is 1.26. The minimum Gasteiger partial charge on any atom is -0.493 e. The Labute approximate surface area is 201 Å². The lowest BCUT2D eigenvalue weighted by atomic mass is 9.87. The van der Waals surface area contributed by atoms with Crippen LogP contribution in [-0.2, 0) is 27.1 Å². The van der Waals surface area contributed by atoms with E-state index >= 15 is 0 Å². The number of hydrogen-bond acceptors (Lipinski definition) is 6. The van der Waals surface area contributed by atoms with Crippen molar-refractivity contribution >= 4 is 12.0 Å². The highest BCUT2D eigenvalue weighted by Gasteiger charge is 2.41. The number of amides is 2. The van der Waals surface area contributed by atoms with E-state index in [1.54, 1.807) is 14.2 Å². The number of methoxy groups -OCH3 is 2. The molecule has 1 aliphatic heterocycles. The summed E-state index contributed by atoms with van der Waals surface area (Å²) in [4.78, 5) is 27.5. The summed E-state index contributed by atoms with van der Waals surface area (Å²) in [5, 5.41) is 0. The first-order valence-electron chi connectivity index (χ1n) is 11.8. The van der Waals surface area contributed by atoms with Gasteiger partial charge in [-0.2, -0.15) is 0 Å². The van der Waals surface area contributed by atoms with Gasteiger partial charge in [0.2, 0.25) is 5.91 Å². The van der Waals surface area contributed by atoms with Crippen molar-refractivity contribution in [1.29, 1.82) is 0 Å². The molecule has 1 heterocycles. The second-order valence-corrected chi connectivity index (χ2v) is 8.86. The van der Waals surface area contributed by atoms with E-state index in [0.717, 1.165) is 17.5 Å². The second kappa shape index (κ2) is 12.4. The normalized spacial score (nSPS) is 16.4. The van der Waals surface area contributed by atoms with Crippen molar-refractivity contribution in [1.82, 2.24) is 4.90 Å². The molecule has 0 radical (unpaired) electrons. The number of imide groups is 1. The Kier molecular flexibility index (Phi) is 9.33. The maximum Gasteiger partial charge on any atom is 0.416 e. The molecule has 0 spiro atoms. The molecule has 1 fully saturated rings. The van der Waals surface area contributed by atoms with E-state index in [4.69, 9.17) is 18.9 Å². The molecular weight excluding hydrogens is 434 g/mol. The highest BCUT2D eigenvalue weighted by atomic mass is 16.6.